The Balaban J connectivity index is 1.93. The fourth-order valence-electron chi connectivity index (χ4n) is 3.47. The van der Waals surface area contributed by atoms with Gasteiger partial charge in [-0.1, -0.05) is 0 Å². The van der Waals surface area contributed by atoms with Crippen molar-refractivity contribution in [2.45, 2.75) is 13.0 Å². The van der Waals surface area contributed by atoms with E-state index in [-0.39, 0.29) is 5.78 Å². The van der Waals surface area contributed by atoms with E-state index in [0.717, 1.165) is 53.9 Å². The molecule has 0 atom stereocenters. The summed E-state index contributed by atoms with van der Waals surface area (Å²) in [7, 11) is 1.92. The molecule has 7 nitrogen and oxygen atoms in total. The Kier molecular flexibility index (Phi) is 4.40. The molecule has 0 saturated carbocycles. The minimum atomic E-state index is 0.0175. The van der Waals surface area contributed by atoms with E-state index in [2.05, 4.69) is 15.6 Å². The molecule has 0 unspecified atom stereocenters. The molecule has 0 saturated heterocycles. The second-order valence-corrected chi connectivity index (χ2v) is 6.38. The van der Waals surface area contributed by atoms with Gasteiger partial charge in [0.1, 0.15) is 5.69 Å². The van der Waals surface area contributed by atoms with Crippen LogP contribution in [-0.4, -0.2) is 47.2 Å². The Bertz CT molecular complexity index is 978. The van der Waals surface area contributed by atoms with Crippen molar-refractivity contribution < 1.29 is 4.79 Å². The molecule has 0 bridgehead atoms. The molecule has 0 fully saturated rings. The van der Waals surface area contributed by atoms with Gasteiger partial charge in [-0.2, -0.15) is 5.10 Å². The van der Waals surface area contributed by atoms with Crippen molar-refractivity contribution in [3.05, 3.63) is 41.7 Å². The number of fused-ring (bicyclic) bond motifs is 2. The van der Waals surface area contributed by atoms with E-state index in [9.17, 15) is 4.79 Å². The maximum absolute atomic E-state index is 13.2. The third-order valence-electron chi connectivity index (χ3n) is 4.74. The maximum Gasteiger partial charge on any atom is 0.196 e. The van der Waals surface area contributed by atoms with Gasteiger partial charge in [0, 0.05) is 47.7 Å². The van der Waals surface area contributed by atoms with Crippen molar-refractivity contribution >= 4 is 22.4 Å². The van der Waals surface area contributed by atoms with Crippen LogP contribution in [0.1, 0.15) is 22.3 Å². The van der Waals surface area contributed by atoms with Gasteiger partial charge in [-0.3, -0.25) is 14.5 Å². The molecule has 2 heterocycles. The zero-order chi connectivity index (χ0) is 18.1. The maximum atomic E-state index is 13.2. The summed E-state index contributed by atoms with van der Waals surface area (Å²) >= 11 is 0. The summed E-state index contributed by atoms with van der Waals surface area (Å²) in [6, 6.07) is 5.78. The lowest BCUT2D eigenvalue weighted by molar-refractivity contribution is 0.104. The smallest absolute Gasteiger partial charge is 0.196 e. The van der Waals surface area contributed by atoms with Gasteiger partial charge in [-0.25, -0.2) is 0 Å². The SMILES string of the molecule is CNCCn1nc2c3c(c(NCCCN)ccc31)C(=O)c1ccncc1-2. The highest BCUT2D eigenvalue weighted by Gasteiger charge is 2.31. The summed E-state index contributed by atoms with van der Waals surface area (Å²) in [5.74, 6) is 0.0175. The van der Waals surface area contributed by atoms with Crippen LogP contribution in [0.3, 0.4) is 0 Å². The van der Waals surface area contributed by atoms with Crippen LogP contribution >= 0.6 is 0 Å². The van der Waals surface area contributed by atoms with E-state index in [1.165, 1.54) is 0 Å². The van der Waals surface area contributed by atoms with E-state index in [0.29, 0.717) is 17.7 Å². The number of rotatable bonds is 7. The Labute approximate surface area is 151 Å². The van der Waals surface area contributed by atoms with E-state index in [1.807, 2.05) is 23.9 Å². The minimum Gasteiger partial charge on any atom is -0.384 e. The number of hydrogen-bond acceptors (Lipinski definition) is 6. The molecular formula is C19H22N6O. The van der Waals surface area contributed by atoms with Gasteiger partial charge in [-0.15, -0.1) is 0 Å². The van der Waals surface area contributed by atoms with Crippen LogP contribution in [0.4, 0.5) is 5.69 Å². The highest BCUT2D eigenvalue weighted by Crippen LogP contribution is 2.41. The molecular weight excluding hydrogens is 328 g/mol. The lowest BCUT2D eigenvalue weighted by Crippen LogP contribution is -2.15. The number of nitrogens with two attached hydrogens (primary N) is 1. The highest BCUT2D eigenvalue weighted by molar-refractivity contribution is 6.27. The van der Waals surface area contributed by atoms with Gasteiger partial charge < -0.3 is 16.4 Å². The molecule has 4 rings (SSSR count). The number of nitrogens with zero attached hydrogens (tertiary/aromatic N) is 3. The zero-order valence-electron chi connectivity index (χ0n) is 14.7. The summed E-state index contributed by atoms with van der Waals surface area (Å²) in [6.45, 7) is 2.88. The standard InChI is InChI=1S/C19H22N6O/c1-21-9-10-25-15-4-3-14(23-7-2-6-20)16-17(15)18(24-25)13-11-22-8-5-12(13)19(16)26/h3-5,8,11,21,23H,2,6-7,9-10,20H2,1H3. The van der Waals surface area contributed by atoms with E-state index in [4.69, 9.17) is 10.8 Å². The molecule has 4 N–H and O–H groups in total. The number of pyridine rings is 1. The lowest BCUT2D eigenvalue weighted by atomic mass is 9.87. The summed E-state index contributed by atoms with van der Waals surface area (Å²) < 4.78 is 1.96. The monoisotopic (exact) mass is 350 g/mol. The first-order chi connectivity index (χ1) is 12.8. The van der Waals surface area contributed by atoms with Crippen LogP contribution in [0.15, 0.2) is 30.6 Å². The number of carbonyl (C=O) groups is 1. The third-order valence-corrected chi connectivity index (χ3v) is 4.74. The molecule has 2 aromatic heterocycles. The summed E-state index contributed by atoms with van der Waals surface area (Å²) in [6.07, 6.45) is 4.23. The van der Waals surface area contributed by atoms with Crippen molar-refractivity contribution in [2.75, 3.05) is 32.0 Å². The fourth-order valence-corrected chi connectivity index (χ4v) is 3.47. The first-order valence-corrected chi connectivity index (χ1v) is 8.87. The molecule has 1 aromatic carbocycles. The molecule has 1 aliphatic carbocycles. The summed E-state index contributed by atoms with van der Waals surface area (Å²) in [4.78, 5) is 17.4. The van der Waals surface area contributed by atoms with Gasteiger partial charge in [0.05, 0.1) is 17.6 Å². The van der Waals surface area contributed by atoms with Crippen molar-refractivity contribution in [2.24, 2.45) is 5.73 Å². The third kappa shape index (κ3) is 2.56. The Morgan fingerprint density at radius 2 is 2.08 bits per heavy atom. The van der Waals surface area contributed by atoms with E-state index >= 15 is 0 Å². The number of carbonyl (C=O) groups excluding carboxylic acids is 1. The average Bonchev–Trinajstić information content (AvgIpc) is 3.04. The van der Waals surface area contributed by atoms with E-state index in [1.54, 1.807) is 18.5 Å². The normalized spacial score (nSPS) is 12.5. The average molecular weight is 350 g/mol. The van der Waals surface area contributed by atoms with Gasteiger partial charge in [0.15, 0.2) is 5.78 Å². The number of hydrogen-bond donors (Lipinski definition) is 3. The fraction of sp³-hybridized carbons (Fsp3) is 0.316. The number of likely N-dealkylation sites (N-methyl/N-ethyl adjacent to an activating group) is 1. The summed E-state index contributed by atoms with van der Waals surface area (Å²) in [5.41, 5.74) is 10.4. The molecule has 1 aliphatic rings. The van der Waals surface area contributed by atoms with Crippen molar-refractivity contribution in [1.82, 2.24) is 20.1 Å². The minimum absolute atomic E-state index is 0.0175. The molecule has 0 aliphatic heterocycles. The van der Waals surface area contributed by atoms with Crippen LogP contribution in [-0.2, 0) is 6.54 Å². The number of benzene rings is 1. The predicted molar refractivity (Wildman–Crippen MR) is 102 cm³/mol. The Hall–Kier alpha value is -2.77. The largest absolute Gasteiger partial charge is 0.384 e. The van der Waals surface area contributed by atoms with Crippen molar-refractivity contribution in [3.63, 3.8) is 0 Å². The van der Waals surface area contributed by atoms with E-state index < -0.39 is 0 Å². The first kappa shape index (κ1) is 16.7. The second-order valence-electron chi connectivity index (χ2n) is 6.38. The molecule has 7 heteroatoms. The first-order valence-electron chi connectivity index (χ1n) is 8.87. The molecule has 26 heavy (non-hydrogen) atoms. The van der Waals surface area contributed by atoms with Gasteiger partial charge in [0.25, 0.3) is 0 Å². The van der Waals surface area contributed by atoms with Crippen molar-refractivity contribution in [1.29, 1.82) is 0 Å². The van der Waals surface area contributed by atoms with Crippen LogP contribution in [0.25, 0.3) is 22.2 Å². The van der Waals surface area contributed by atoms with Crippen LogP contribution < -0.4 is 16.4 Å². The Morgan fingerprint density at radius 1 is 1.19 bits per heavy atom. The van der Waals surface area contributed by atoms with Gasteiger partial charge >= 0.3 is 0 Å². The molecule has 0 spiro atoms. The van der Waals surface area contributed by atoms with Crippen molar-refractivity contribution in [3.8, 4) is 11.3 Å². The second kappa shape index (κ2) is 6.86. The number of nitrogens with one attached hydrogen (secondary N) is 2. The molecule has 0 radical (unpaired) electrons. The van der Waals surface area contributed by atoms with Gasteiger partial charge in [-0.05, 0) is 38.2 Å². The molecule has 3 aromatic rings. The summed E-state index contributed by atoms with van der Waals surface area (Å²) in [5, 5.41) is 12.2. The number of ketones is 1. The lowest BCUT2D eigenvalue weighted by Gasteiger charge is -2.18. The highest BCUT2D eigenvalue weighted by atomic mass is 16.1. The molecule has 134 valence electrons. The zero-order valence-corrected chi connectivity index (χ0v) is 14.7. The predicted octanol–water partition coefficient (Wildman–Crippen LogP) is 1.62. The number of aromatic nitrogens is 3. The Morgan fingerprint density at radius 3 is 2.88 bits per heavy atom. The van der Waals surface area contributed by atoms with Gasteiger partial charge in [0.2, 0.25) is 0 Å². The number of anilines is 1. The molecule has 0 amide bonds. The quantitative estimate of drug-likeness (QED) is 0.438. The van der Waals surface area contributed by atoms with Crippen LogP contribution in [0.2, 0.25) is 0 Å². The van der Waals surface area contributed by atoms with Crippen LogP contribution in [0.5, 0.6) is 0 Å². The topological polar surface area (TPSA) is 97.9 Å². The van der Waals surface area contributed by atoms with Crippen LogP contribution in [0, 0.1) is 0 Å².